The second-order valence-corrected chi connectivity index (χ2v) is 3.49. The van der Waals surface area contributed by atoms with Crippen LogP contribution in [0.4, 0.5) is 0 Å². The summed E-state index contributed by atoms with van der Waals surface area (Å²) in [5, 5.41) is 0. The maximum atomic E-state index is 3.62. The van der Waals surface area contributed by atoms with Gasteiger partial charge in [-0.05, 0) is 38.5 Å². The average molecular weight is 279 g/mol. The zero-order chi connectivity index (χ0) is 12.5. The first-order chi connectivity index (χ1) is 7.83. The summed E-state index contributed by atoms with van der Waals surface area (Å²) >= 11 is 0. The van der Waals surface area contributed by atoms with Gasteiger partial charge in [0.2, 0.25) is 0 Å². The van der Waals surface area contributed by atoms with E-state index in [0.29, 0.717) is 0 Å². The van der Waals surface area contributed by atoms with Crippen molar-refractivity contribution in [2.24, 2.45) is 0 Å². The molecule has 0 aromatic heterocycles. The summed E-state index contributed by atoms with van der Waals surface area (Å²) in [4.78, 5) is 0. The number of unbranched alkanes of at least 4 members (excludes halogenated alkanes) is 2. The molecule has 0 saturated carbocycles. The molecule has 0 aliphatic rings. The predicted octanol–water partition coefficient (Wildman–Crippen LogP) is 5.84. The van der Waals surface area contributed by atoms with Crippen LogP contribution in [-0.2, 0) is 16.5 Å². The summed E-state index contributed by atoms with van der Waals surface area (Å²) in [6, 6.07) is 0. The van der Waals surface area contributed by atoms with Gasteiger partial charge >= 0.3 is 0 Å². The Morgan fingerprint density at radius 2 is 1.00 bits per heavy atom. The van der Waals surface area contributed by atoms with Gasteiger partial charge in [0, 0.05) is 16.5 Å². The molecule has 0 bridgehead atoms. The quantitative estimate of drug-likeness (QED) is 0.297. The van der Waals surface area contributed by atoms with Crippen molar-refractivity contribution < 1.29 is 16.5 Å². The molecule has 0 radical (unpaired) electrons. The number of hydrogen-bond donors (Lipinski definition) is 0. The fraction of sp³-hybridized carbons (Fsp3) is 0.500. The minimum atomic E-state index is 0. The second-order valence-electron chi connectivity index (χ2n) is 3.49. The van der Waals surface area contributed by atoms with Crippen LogP contribution < -0.4 is 0 Å². The van der Waals surface area contributed by atoms with Gasteiger partial charge < -0.3 is 0 Å². The Balaban J connectivity index is -0.000000218. The van der Waals surface area contributed by atoms with Gasteiger partial charge in [0.1, 0.15) is 0 Å². The Morgan fingerprint density at radius 1 is 0.647 bits per heavy atom. The van der Waals surface area contributed by atoms with Crippen molar-refractivity contribution in [1.82, 2.24) is 0 Å². The van der Waals surface area contributed by atoms with E-state index in [0.717, 1.165) is 38.5 Å². The molecule has 0 rings (SSSR count). The molecule has 0 heterocycles. The fourth-order valence-electron chi connectivity index (χ4n) is 0.997. The van der Waals surface area contributed by atoms with Crippen molar-refractivity contribution >= 4 is 0 Å². The van der Waals surface area contributed by atoms with E-state index in [9.17, 15) is 0 Å². The van der Waals surface area contributed by atoms with E-state index in [1.165, 1.54) is 0 Å². The van der Waals surface area contributed by atoms with Crippen LogP contribution in [-0.4, -0.2) is 0 Å². The molecule has 0 amide bonds. The van der Waals surface area contributed by atoms with Crippen LogP contribution in [0.3, 0.4) is 0 Å². The minimum Gasteiger partial charge on any atom is -0.103 e. The Kier molecular flexibility index (Phi) is 31.4. The summed E-state index contributed by atoms with van der Waals surface area (Å²) in [5.74, 6) is 0. The molecule has 0 nitrogen and oxygen atoms in total. The molecular weight excluding hydrogens is 251 g/mol. The van der Waals surface area contributed by atoms with Crippen LogP contribution >= 0.6 is 0 Å². The zero-order valence-electron chi connectivity index (χ0n) is 11.4. The third-order valence-electron chi connectivity index (χ3n) is 1.88. The Labute approximate surface area is 119 Å². The first-order valence-electron chi connectivity index (χ1n) is 6.35. The second kappa shape index (κ2) is 24.6. The van der Waals surface area contributed by atoms with Crippen LogP contribution in [0.2, 0.25) is 0 Å². The number of rotatable bonds is 8. The summed E-state index contributed by atoms with van der Waals surface area (Å²) in [6.45, 7) is 11.5. The predicted molar refractivity (Wildman–Crippen MR) is 77.7 cm³/mol. The van der Waals surface area contributed by atoms with E-state index in [-0.39, 0.29) is 16.5 Å². The van der Waals surface area contributed by atoms with Crippen molar-refractivity contribution in [3.63, 3.8) is 0 Å². The zero-order valence-corrected chi connectivity index (χ0v) is 12.4. The molecule has 0 N–H and O–H groups in total. The van der Waals surface area contributed by atoms with E-state index in [2.05, 4.69) is 51.3 Å². The fourth-order valence-corrected chi connectivity index (χ4v) is 0.997. The van der Waals surface area contributed by atoms with E-state index in [1.54, 1.807) is 0 Å². The van der Waals surface area contributed by atoms with Gasteiger partial charge in [0.25, 0.3) is 0 Å². The first-order valence-corrected chi connectivity index (χ1v) is 6.35. The molecule has 0 fully saturated rings. The molecule has 0 atom stereocenters. The van der Waals surface area contributed by atoms with Gasteiger partial charge in [-0.2, -0.15) is 0 Å². The summed E-state index contributed by atoms with van der Waals surface area (Å²) in [5.41, 5.74) is 0. The molecule has 0 aliphatic carbocycles. The smallest absolute Gasteiger partial charge is 0 e. The van der Waals surface area contributed by atoms with Crippen molar-refractivity contribution in [3.8, 4) is 0 Å². The molecule has 0 aromatic rings. The topological polar surface area (TPSA) is 0 Å². The van der Waals surface area contributed by atoms with Crippen LogP contribution in [0.15, 0.2) is 49.6 Å². The number of hydrogen-bond acceptors (Lipinski definition) is 0. The van der Waals surface area contributed by atoms with Crippen LogP contribution in [0.5, 0.6) is 0 Å². The molecule has 102 valence electrons. The molecule has 0 spiro atoms. The molecule has 1 heteroatoms. The van der Waals surface area contributed by atoms with Gasteiger partial charge in [-0.15, -0.1) is 13.2 Å². The third-order valence-corrected chi connectivity index (χ3v) is 1.88. The largest absolute Gasteiger partial charge is 0.103 e. The normalized spacial score (nSPS) is 9.53. The molecule has 17 heavy (non-hydrogen) atoms. The third kappa shape index (κ3) is 31.3. The molecular formula is C16H28Ni. The van der Waals surface area contributed by atoms with Crippen LogP contribution in [0, 0.1) is 0 Å². The van der Waals surface area contributed by atoms with Crippen LogP contribution in [0.1, 0.15) is 52.4 Å². The van der Waals surface area contributed by atoms with Crippen molar-refractivity contribution in [3.05, 3.63) is 49.6 Å². The van der Waals surface area contributed by atoms with Crippen molar-refractivity contribution in [2.75, 3.05) is 0 Å². The standard InChI is InChI=1S/2C8H14.Ni/c2*1-3-5-7-8-6-4-2;/h2*3,6,8H,1,4-5,7H2,2H3;. The van der Waals surface area contributed by atoms with Crippen molar-refractivity contribution in [2.45, 2.75) is 52.4 Å². The van der Waals surface area contributed by atoms with Crippen molar-refractivity contribution in [1.29, 1.82) is 0 Å². The first kappa shape index (κ1) is 21.7. The maximum Gasteiger partial charge on any atom is 0 e. The Hall–Kier alpha value is -0.546. The van der Waals surface area contributed by atoms with E-state index in [4.69, 9.17) is 0 Å². The monoisotopic (exact) mass is 278 g/mol. The van der Waals surface area contributed by atoms with Crippen LogP contribution in [0.25, 0.3) is 0 Å². The van der Waals surface area contributed by atoms with Gasteiger partial charge in [-0.1, -0.05) is 50.3 Å². The molecule has 0 aromatic carbocycles. The molecule has 0 unspecified atom stereocenters. The molecule has 0 saturated heterocycles. The van der Waals surface area contributed by atoms with E-state index in [1.807, 2.05) is 12.2 Å². The van der Waals surface area contributed by atoms with Gasteiger partial charge in [0.15, 0.2) is 0 Å². The van der Waals surface area contributed by atoms with E-state index < -0.39 is 0 Å². The van der Waals surface area contributed by atoms with Gasteiger partial charge in [0.05, 0.1) is 0 Å². The average Bonchev–Trinajstić information content (AvgIpc) is 2.31. The van der Waals surface area contributed by atoms with Gasteiger partial charge in [-0.25, -0.2) is 0 Å². The summed E-state index contributed by atoms with van der Waals surface area (Å²) < 4.78 is 0. The number of allylic oxidation sites excluding steroid dienone is 6. The summed E-state index contributed by atoms with van der Waals surface area (Å²) in [6.07, 6.45) is 19.5. The van der Waals surface area contributed by atoms with E-state index >= 15 is 0 Å². The SMILES string of the molecule is C=CCCC=CCC.C=CCCC=CCC.[Ni]. The maximum absolute atomic E-state index is 3.62. The Morgan fingerprint density at radius 3 is 1.24 bits per heavy atom. The van der Waals surface area contributed by atoms with Gasteiger partial charge in [-0.3, -0.25) is 0 Å². The Bertz CT molecular complexity index is 168. The molecule has 0 aliphatic heterocycles. The summed E-state index contributed by atoms with van der Waals surface area (Å²) in [7, 11) is 0. The minimum absolute atomic E-state index is 0.